The lowest BCUT2D eigenvalue weighted by atomic mass is 10.2. The van der Waals surface area contributed by atoms with Gasteiger partial charge in [-0.25, -0.2) is 4.79 Å². The third-order valence-corrected chi connectivity index (χ3v) is 4.18. The van der Waals surface area contributed by atoms with Crippen LogP contribution in [0.3, 0.4) is 0 Å². The number of hydrogen-bond donors (Lipinski definition) is 1. The molecular weight excluding hydrogens is 410 g/mol. The number of aryl methyl sites for hydroxylation is 1. The molecule has 0 atom stereocenters. The lowest BCUT2D eigenvalue weighted by molar-refractivity contribution is -0.119. The van der Waals surface area contributed by atoms with Crippen LogP contribution in [-0.4, -0.2) is 38.3 Å². The van der Waals surface area contributed by atoms with E-state index in [1.807, 2.05) is 27.7 Å². The number of esters is 1. The van der Waals surface area contributed by atoms with Crippen molar-refractivity contribution in [3.05, 3.63) is 46.5 Å². The zero-order chi connectivity index (χ0) is 22.1. The van der Waals surface area contributed by atoms with Crippen LogP contribution in [0.5, 0.6) is 17.2 Å². The van der Waals surface area contributed by atoms with Gasteiger partial charge in [-0.1, -0.05) is 11.6 Å². The molecule has 0 aliphatic heterocycles. The average molecular weight is 436 g/mol. The quantitative estimate of drug-likeness (QED) is 0.547. The van der Waals surface area contributed by atoms with E-state index in [4.69, 9.17) is 30.5 Å². The molecule has 0 saturated carbocycles. The fraction of sp³-hybridized carbons (Fsp3) is 0.364. The molecule has 30 heavy (non-hydrogen) atoms. The predicted molar refractivity (Wildman–Crippen MR) is 115 cm³/mol. The Morgan fingerprint density at radius 3 is 2.07 bits per heavy atom. The standard InChI is InChI=1S/C22H26ClNO6/c1-5-27-18-11-15(12-19(28-6-2)21(18)29-7-3)22(26)30-13-20(25)24-17-9-8-16(23)10-14(17)4/h8-12H,5-7,13H2,1-4H3,(H,24,25). The van der Waals surface area contributed by atoms with Crippen LogP contribution in [0.4, 0.5) is 5.69 Å². The Morgan fingerprint density at radius 2 is 1.53 bits per heavy atom. The van der Waals surface area contributed by atoms with Crippen molar-refractivity contribution in [2.24, 2.45) is 0 Å². The molecular formula is C22H26ClNO6. The summed E-state index contributed by atoms with van der Waals surface area (Å²) in [7, 11) is 0. The first-order valence-electron chi connectivity index (χ1n) is 9.69. The molecule has 8 heteroatoms. The Balaban J connectivity index is 2.12. The van der Waals surface area contributed by atoms with Crippen molar-refractivity contribution in [2.75, 3.05) is 31.7 Å². The SMILES string of the molecule is CCOc1cc(C(=O)OCC(=O)Nc2ccc(Cl)cc2C)cc(OCC)c1OCC. The van der Waals surface area contributed by atoms with Crippen LogP contribution in [-0.2, 0) is 9.53 Å². The molecule has 0 unspecified atom stereocenters. The highest BCUT2D eigenvalue weighted by molar-refractivity contribution is 6.30. The molecule has 2 aromatic carbocycles. The van der Waals surface area contributed by atoms with Crippen molar-refractivity contribution in [1.82, 2.24) is 0 Å². The number of ether oxygens (including phenoxy) is 4. The number of halogens is 1. The maximum Gasteiger partial charge on any atom is 0.338 e. The van der Waals surface area contributed by atoms with E-state index in [1.165, 1.54) is 12.1 Å². The fourth-order valence-corrected chi connectivity index (χ4v) is 2.90. The Kier molecular flexibility index (Phi) is 8.80. The van der Waals surface area contributed by atoms with Gasteiger partial charge in [0.2, 0.25) is 5.75 Å². The van der Waals surface area contributed by atoms with Gasteiger partial charge in [-0.15, -0.1) is 0 Å². The Morgan fingerprint density at radius 1 is 0.933 bits per heavy atom. The minimum Gasteiger partial charge on any atom is -0.490 e. The van der Waals surface area contributed by atoms with E-state index >= 15 is 0 Å². The molecule has 0 bridgehead atoms. The zero-order valence-electron chi connectivity index (χ0n) is 17.5. The van der Waals surface area contributed by atoms with Crippen molar-refractivity contribution in [2.45, 2.75) is 27.7 Å². The Bertz CT molecular complexity index is 872. The lowest BCUT2D eigenvalue weighted by Crippen LogP contribution is -2.21. The molecule has 0 aromatic heterocycles. The summed E-state index contributed by atoms with van der Waals surface area (Å²) in [6.45, 7) is 8.04. The minimum atomic E-state index is -0.678. The first-order chi connectivity index (χ1) is 14.4. The van der Waals surface area contributed by atoms with Gasteiger partial charge >= 0.3 is 5.97 Å². The number of anilines is 1. The normalized spacial score (nSPS) is 10.3. The van der Waals surface area contributed by atoms with E-state index in [9.17, 15) is 9.59 Å². The molecule has 0 aliphatic carbocycles. The number of rotatable bonds is 10. The van der Waals surface area contributed by atoms with Gasteiger partial charge in [0.15, 0.2) is 18.1 Å². The number of hydrogen-bond acceptors (Lipinski definition) is 6. The van der Waals surface area contributed by atoms with Gasteiger partial charge in [-0.05, 0) is 63.6 Å². The summed E-state index contributed by atoms with van der Waals surface area (Å²) < 4.78 is 22.0. The Labute approximate surface area is 181 Å². The van der Waals surface area contributed by atoms with Crippen molar-refractivity contribution < 1.29 is 28.5 Å². The fourth-order valence-electron chi connectivity index (χ4n) is 2.67. The molecule has 0 radical (unpaired) electrons. The van der Waals surface area contributed by atoms with Gasteiger partial charge in [0.1, 0.15) is 0 Å². The van der Waals surface area contributed by atoms with Crippen LogP contribution in [0.1, 0.15) is 36.7 Å². The second kappa shape index (κ2) is 11.3. The molecule has 0 aliphatic rings. The van der Waals surface area contributed by atoms with Crippen LogP contribution in [0, 0.1) is 6.92 Å². The van der Waals surface area contributed by atoms with Gasteiger partial charge in [-0.3, -0.25) is 4.79 Å². The van der Waals surface area contributed by atoms with Crippen molar-refractivity contribution >= 4 is 29.2 Å². The first kappa shape index (κ1) is 23.3. The predicted octanol–water partition coefficient (Wildman–Crippen LogP) is 4.64. The maximum atomic E-state index is 12.5. The topological polar surface area (TPSA) is 83.1 Å². The highest BCUT2D eigenvalue weighted by Gasteiger charge is 2.20. The summed E-state index contributed by atoms with van der Waals surface area (Å²) in [4.78, 5) is 24.7. The second-order valence-electron chi connectivity index (χ2n) is 6.18. The van der Waals surface area contributed by atoms with Crippen LogP contribution in [0.15, 0.2) is 30.3 Å². The second-order valence-corrected chi connectivity index (χ2v) is 6.62. The third kappa shape index (κ3) is 6.29. The number of carbonyl (C=O) groups excluding carboxylic acids is 2. The average Bonchev–Trinajstić information content (AvgIpc) is 2.71. The van der Waals surface area contributed by atoms with E-state index in [1.54, 1.807) is 18.2 Å². The van der Waals surface area contributed by atoms with E-state index in [2.05, 4.69) is 5.32 Å². The van der Waals surface area contributed by atoms with Crippen molar-refractivity contribution in [3.8, 4) is 17.2 Å². The zero-order valence-corrected chi connectivity index (χ0v) is 18.3. The van der Waals surface area contributed by atoms with E-state index in [0.29, 0.717) is 47.8 Å². The molecule has 0 heterocycles. The van der Waals surface area contributed by atoms with Crippen molar-refractivity contribution in [3.63, 3.8) is 0 Å². The molecule has 1 N–H and O–H groups in total. The summed E-state index contributed by atoms with van der Waals surface area (Å²) in [5, 5.41) is 3.26. The van der Waals surface area contributed by atoms with E-state index < -0.39 is 18.5 Å². The van der Waals surface area contributed by atoms with Crippen LogP contribution < -0.4 is 19.5 Å². The molecule has 0 spiro atoms. The van der Waals surface area contributed by atoms with Gasteiger partial charge in [0, 0.05) is 10.7 Å². The molecule has 7 nitrogen and oxygen atoms in total. The molecule has 1 amide bonds. The number of benzene rings is 2. The van der Waals surface area contributed by atoms with E-state index in [0.717, 1.165) is 5.56 Å². The lowest BCUT2D eigenvalue weighted by Gasteiger charge is -2.17. The van der Waals surface area contributed by atoms with E-state index in [-0.39, 0.29) is 5.56 Å². The van der Waals surface area contributed by atoms with Gasteiger partial charge in [0.25, 0.3) is 5.91 Å². The van der Waals surface area contributed by atoms with Crippen molar-refractivity contribution in [1.29, 1.82) is 0 Å². The highest BCUT2D eigenvalue weighted by atomic mass is 35.5. The minimum absolute atomic E-state index is 0.195. The number of carbonyl (C=O) groups is 2. The van der Waals surface area contributed by atoms with Gasteiger partial charge in [0.05, 0.1) is 25.4 Å². The largest absolute Gasteiger partial charge is 0.490 e. The Hall–Kier alpha value is -2.93. The monoisotopic (exact) mass is 435 g/mol. The molecule has 2 aromatic rings. The molecule has 0 saturated heterocycles. The summed E-state index contributed by atoms with van der Waals surface area (Å²) in [6, 6.07) is 8.11. The van der Waals surface area contributed by atoms with Crippen LogP contribution in [0.2, 0.25) is 5.02 Å². The molecule has 0 fully saturated rings. The molecule has 162 valence electrons. The first-order valence-corrected chi connectivity index (χ1v) is 10.1. The van der Waals surface area contributed by atoms with Crippen LogP contribution in [0.25, 0.3) is 0 Å². The summed E-state index contributed by atoms with van der Waals surface area (Å²) in [5.41, 5.74) is 1.59. The third-order valence-electron chi connectivity index (χ3n) is 3.94. The van der Waals surface area contributed by atoms with Gasteiger partial charge in [-0.2, -0.15) is 0 Å². The molecule has 2 rings (SSSR count). The maximum absolute atomic E-state index is 12.5. The smallest absolute Gasteiger partial charge is 0.338 e. The number of amides is 1. The van der Waals surface area contributed by atoms with Gasteiger partial charge < -0.3 is 24.3 Å². The van der Waals surface area contributed by atoms with Crippen LogP contribution >= 0.6 is 11.6 Å². The summed E-state index contributed by atoms with van der Waals surface area (Å²) in [6.07, 6.45) is 0. The highest BCUT2D eigenvalue weighted by Crippen LogP contribution is 2.39. The summed E-state index contributed by atoms with van der Waals surface area (Å²) >= 11 is 5.91. The summed E-state index contributed by atoms with van der Waals surface area (Å²) in [5.74, 6) is 0.0309. The number of nitrogens with one attached hydrogen (secondary N) is 1.